The molecule has 0 aromatic rings. The summed E-state index contributed by atoms with van der Waals surface area (Å²) >= 11 is 0. The van der Waals surface area contributed by atoms with Gasteiger partial charge in [-0.25, -0.2) is 0 Å². The van der Waals surface area contributed by atoms with Crippen LogP contribution in [0.1, 0.15) is 13.8 Å². The monoisotopic (exact) mass is 117 g/mol. The van der Waals surface area contributed by atoms with Crippen LogP contribution in [0.5, 0.6) is 0 Å². The number of nitrogens with two attached hydrogens (primary N) is 1. The van der Waals surface area contributed by atoms with Crippen molar-refractivity contribution in [2.45, 2.75) is 19.6 Å². The van der Waals surface area contributed by atoms with Crippen molar-refractivity contribution < 1.29 is 9.53 Å². The predicted octanol–water partition coefficient (Wildman–Crippen LogP) is -0.103. The van der Waals surface area contributed by atoms with Crippen molar-refractivity contribution in [2.75, 3.05) is 7.11 Å². The molecular formula is C5H11NO2. The van der Waals surface area contributed by atoms with E-state index in [0.717, 1.165) is 0 Å². The minimum absolute atomic E-state index is 0.167. The van der Waals surface area contributed by atoms with Crippen LogP contribution in [0.3, 0.4) is 0 Å². The van der Waals surface area contributed by atoms with Crippen molar-refractivity contribution in [3.63, 3.8) is 0 Å². The van der Waals surface area contributed by atoms with Gasteiger partial charge in [0.25, 0.3) is 0 Å². The Hall–Kier alpha value is -0.410. The van der Waals surface area contributed by atoms with E-state index in [4.69, 9.17) is 5.73 Å². The van der Waals surface area contributed by atoms with Gasteiger partial charge in [0.2, 0.25) is 0 Å². The number of methoxy groups -OCH3 is 1. The van der Waals surface area contributed by atoms with Crippen LogP contribution in [0, 0.1) is 0 Å². The summed E-state index contributed by atoms with van der Waals surface area (Å²) in [5, 5.41) is 0. The summed E-state index contributed by atoms with van der Waals surface area (Å²) in [5.41, 5.74) is 4.19. The van der Waals surface area contributed by atoms with Crippen molar-refractivity contribution in [2.24, 2.45) is 5.73 Å². The fourth-order valence-electron chi connectivity index (χ4n) is 0.144. The lowest BCUT2D eigenvalue weighted by Crippen LogP contribution is -2.45. The maximum absolute atomic E-state index is 10.4. The molecule has 0 aliphatic carbocycles. The van der Waals surface area contributed by atoms with Gasteiger partial charge in [0, 0.05) is 7.11 Å². The molecule has 2 N–H and O–H groups in total. The molecule has 0 fully saturated rings. The lowest BCUT2D eigenvalue weighted by atomic mass is 10.2. The SMILES string of the molecule is COC(C)(N)C(C)=O. The number of carbonyl (C=O) groups excluding carboxylic acids is 1. The van der Waals surface area contributed by atoms with Crippen LogP contribution < -0.4 is 5.73 Å². The highest BCUT2D eigenvalue weighted by Crippen LogP contribution is 1.98. The second-order valence-corrected chi connectivity index (χ2v) is 1.87. The molecule has 0 saturated heterocycles. The number of hydrogen-bond acceptors (Lipinski definition) is 3. The van der Waals surface area contributed by atoms with Crippen molar-refractivity contribution >= 4 is 5.78 Å². The molecule has 1 atom stereocenters. The lowest BCUT2D eigenvalue weighted by Gasteiger charge is -2.17. The molecule has 0 bridgehead atoms. The number of ether oxygens (including phenoxy) is 1. The summed E-state index contributed by atoms with van der Waals surface area (Å²) in [6.07, 6.45) is 0. The van der Waals surface area contributed by atoms with Gasteiger partial charge in [0.05, 0.1) is 0 Å². The molecule has 0 aromatic carbocycles. The Morgan fingerprint density at radius 2 is 2.12 bits per heavy atom. The van der Waals surface area contributed by atoms with E-state index < -0.39 is 5.72 Å². The number of Topliss-reactive ketones (excluding diaryl/α,β-unsaturated/α-hetero) is 1. The predicted molar refractivity (Wildman–Crippen MR) is 30.3 cm³/mol. The van der Waals surface area contributed by atoms with Gasteiger partial charge in [-0.15, -0.1) is 0 Å². The molecule has 3 heteroatoms. The Bertz CT molecular complexity index is 98.6. The van der Waals surface area contributed by atoms with Crippen molar-refractivity contribution in [3.8, 4) is 0 Å². The first kappa shape index (κ1) is 7.59. The molecule has 0 aliphatic rings. The Balaban J connectivity index is 3.91. The summed E-state index contributed by atoms with van der Waals surface area (Å²) < 4.78 is 4.63. The van der Waals surface area contributed by atoms with E-state index in [1.54, 1.807) is 0 Å². The maximum Gasteiger partial charge on any atom is 0.175 e. The van der Waals surface area contributed by atoms with Crippen molar-refractivity contribution in [1.82, 2.24) is 0 Å². The van der Waals surface area contributed by atoms with Crippen molar-refractivity contribution in [3.05, 3.63) is 0 Å². The Kier molecular flexibility index (Phi) is 2.12. The Labute approximate surface area is 48.8 Å². The van der Waals surface area contributed by atoms with Crippen LogP contribution in [0.4, 0.5) is 0 Å². The second kappa shape index (κ2) is 2.24. The highest BCUT2D eigenvalue weighted by Gasteiger charge is 2.22. The lowest BCUT2D eigenvalue weighted by molar-refractivity contribution is -0.136. The minimum atomic E-state index is -1.10. The van der Waals surface area contributed by atoms with E-state index in [0.29, 0.717) is 0 Å². The summed E-state index contributed by atoms with van der Waals surface area (Å²) in [7, 11) is 1.40. The van der Waals surface area contributed by atoms with Crippen LogP contribution >= 0.6 is 0 Å². The third-order valence-electron chi connectivity index (χ3n) is 1.12. The van der Waals surface area contributed by atoms with Gasteiger partial charge < -0.3 is 4.74 Å². The molecule has 0 heterocycles. The normalized spacial score (nSPS) is 17.5. The standard InChI is InChI=1S/C5H11NO2/c1-4(7)5(2,6)8-3/h6H2,1-3H3. The zero-order valence-electron chi connectivity index (χ0n) is 5.39. The molecular weight excluding hydrogens is 106 g/mol. The Morgan fingerprint density at radius 3 is 2.12 bits per heavy atom. The first-order chi connectivity index (χ1) is 3.50. The minimum Gasteiger partial charge on any atom is -0.357 e. The van der Waals surface area contributed by atoms with Crippen LogP contribution in [0.15, 0.2) is 0 Å². The fraction of sp³-hybridized carbons (Fsp3) is 0.800. The quantitative estimate of drug-likeness (QED) is 0.514. The topological polar surface area (TPSA) is 52.3 Å². The average Bonchev–Trinajstić information content (AvgIpc) is 1.67. The first-order valence-electron chi connectivity index (χ1n) is 2.36. The van der Waals surface area contributed by atoms with E-state index in [1.165, 1.54) is 21.0 Å². The van der Waals surface area contributed by atoms with Gasteiger partial charge in [0.1, 0.15) is 0 Å². The summed E-state index contributed by atoms with van der Waals surface area (Å²) in [5.74, 6) is -0.167. The summed E-state index contributed by atoms with van der Waals surface area (Å²) in [6, 6.07) is 0. The van der Waals surface area contributed by atoms with E-state index in [2.05, 4.69) is 4.74 Å². The van der Waals surface area contributed by atoms with E-state index in [9.17, 15) is 4.79 Å². The molecule has 48 valence electrons. The molecule has 0 saturated carbocycles. The van der Waals surface area contributed by atoms with E-state index in [1.807, 2.05) is 0 Å². The molecule has 0 radical (unpaired) electrons. The number of carbonyl (C=O) groups is 1. The average molecular weight is 117 g/mol. The molecule has 0 spiro atoms. The van der Waals surface area contributed by atoms with Crippen LogP contribution in [0.2, 0.25) is 0 Å². The molecule has 0 aliphatic heterocycles. The molecule has 0 aromatic heterocycles. The smallest absolute Gasteiger partial charge is 0.175 e. The molecule has 1 unspecified atom stereocenters. The second-order valence-electron chi connectivity index (χ2n) is 1.87. The van der Waals surface area contributed by atoms with Crippen molar-refractivity contribution in [1.29, 1.82) is 0 Å². The van der Waals surface area contributed by atoms with Crippen LogP contribution in [-0.4, -0.2) is 18.6 Å². The van der Waals surface area contributed by atoms with E-state index >= 15 is 0 Å². The number of hydrogen-bond donors (Lipinski definition) is 1. The first-order valence-corrected chi connectivity index (χ1v) is 2.36. The molecule has 3 nitrogen and oxygen atoms in total. The van der Waals surface area contributed by atoms with Gasteiger partial charge in [-0.1, -0.05) is 0 Å². The highest BCUT2D eigenvalue weighted by atomic mass is 16.5. The van der Waals surface area contributed by atoms with Gasteiger partial charge in [-0.2, -0.15) is 0 Å². The van der Waals surface area contributed by atoms with Crippen LogP contribution in [0.25, 0.3) is 0 Å². The zero-order chi connectivity index (χ0) is 6.78. The summed E-state index contributed by atoms with van der Waals surface area (Å²) in [4.78, 5) is 10.4. The van der Waals surface area contributed by atoms with Gasteiger partial charge >= 0.3 is 0 Å². The zero-order valence-corrected chi connectivity index (χ0v) is 5.39. The van der Waals surface area contributed by atoms with Gasteiger partial charge in [-0.05, 0) is 13.8 Å². The molecule has 0 rings (SSSR count). The number of ketones is 1. The largest absolute Gasteiger partial charge is 0.357 e. The fourth-order valence-corrected chi connectivity index (χ4v) is 0.144. The maximum atomic E-state index is 10.4. The Morgan fingerprint density at radius 1 is 1.75 bits per heavy atom. The molecule has 0 amide bonds. The summed E-state index contributed by atoms with van der Waals surface area (Å²) in [6.45, 7) is 2.92. The molecule has 8 heavy (non-hydrogen) atoms. The number of rotatable bonds is 2. The van der Waals surface area contributed by atoms with Gasteiger partial charge in [-0.3, -0.25) is 10.5 Å². The van der Waals surface area contributed by atoms with Gasteiger partial charge in [0.15, 0.2) is 11.5 Å². The third kappa shape index (κ3) is 1.60. The highest BCUT2D eigenvalue weighted by molar-refractivity contribution is 5.83. The van der Waals surface area contributed by atoms with E-state index in [-0.39, 0.29) is 5.78 Å². The third-order valence-corrected chi connectivity index (χ3v) is 1.12. The van der Waals surface area contributed by atoms with Crippen LogP contribution in [-0.2, 0) is 9.53 Å².